The molecule has 0 atom stereocenters. The second-order valence-electron chi connectivity index (χ2n) is 5.11. The van der Waals surface area contributed by atoms with Gasteiger partial charge < -0.3 is 4.74 Å². The minimum absolute atomic E-state index is 0.367. The van der Waals surface area contributed by atoms with E-state index in [1.165, 1.54) is 5.56 Å². The van der Waals surface area contributed by atoms with Gasteiger partial charge in [-0.15, -0.1) is 5.10 Å². The molecule has 0 amide bonds. The van der Waals surface area contributed by atoms with Crippen LogP contribution >= 0.6 is 0 Å². The van der Waals surface area contributed by atoms with Gasteiger partial charge in [-0.3, -0.25) is 4.79 Å². The third-order valence-corrected chi connectivity index (χ3v) is 3.71. The molecule has 0 radical (unpaired) electrons. The highest BCUT2D eigenvalue weighted by Gasteiger charge is 2.16. The maximum absolute atomic E-state index is 11.3. The summed E-state index contributed by atoms with van der Waals surface area (Å²) in [6.45, 7) is 0. The lowest BCUT2D eigenvalue weighted by molar-refractivity contribution is 0.111. The molecule has 3 aromatic rings. The first-order valence-electron chi connectivity index (χ1n) is 7.40. The van der Waals surface area contributed by atoms with E-state index in [0.29, 0.717) is 17.9 Å². The maximum atomic E-state index is 11.3. The first-order valence-corrected chi connectivity index (χ1v) is 7.40. The summed E-state index contributed by atoms with van der Waals surface area (Å²) < 4.78 is 7.07. The summed E-state index contributed by atoms with van der Waals surface area (Å²) in [7, 11) is 1.61. The fourth-order valence-electron chi connectivity index (χ4n) is 2.54. The molecule has 0 spiro atoms. The number of rotatable bonds is 6. The van der Waals surface area contributed by atoms with Gasteiger partial charge in [0.2, 0.25) is 0 Å². The number of aromatic nitrogens is 3. The van der Waals surface area contributed by atoms with Crippen molar-refractivity contribution in [1.82, 2.24) is 15.0 Å². The Kier molecular flexibility index (Phi) is 4.47. The minimum atomic E-state index is 0.367. The van der Waals surface area contributed by atoms with E-state index in [2.05, 4.69) is 22.4 Å². The van der Waals surface area contributed by atoms with Crippen LogP contribution in [0, 0.1) is 0 Å². The zero-order chi connectivity index (χ0) is 16.1. The highest BCUT2D eigenvalue weighted by molar-refractivity contribution is 5.73. The van der Waals surface area contributed by atoms with Gasteiger partial charge in [-0.1, -0.05) is 47.7 Å². The highest BCUT2D eigenvalue weighted by atomic mass is 16.5. The fraction of sp³-hybridized carbons (Fsp3) is 0.167. The molecule has 1 aromatic heterocycles. The molecule has 3 rings (SSSR count). The molecule has 2 aromatic carbocycles. The topological polar surface area (TPSA) is 57.0 Å². The Morgan fingerprint density at radius 2 is 1.78 bits per heavy atom. The molecule has 0 unspecified atom stereocenters. The average molecular weight is 307 g/mol. The van der Waals surface area contributed by atoms with Crippen LogP contribution < -0.4 is 4.74 Å². The molecule has 116 valence electrons. The first-order chi connectivity index (χ1) is 11.3. The highest BCUT2D eigenvalue weighted by Crippen LogP contribution is 2.24. The molecule has 5 heteroatoms. The number of nitrogens with zero attached hydrogens (tertiary/aromatic N) is 3. The van der Waals surface area contributed by atoms with Crippen LogP contribution in [0.1, 0.15) is 21.7 Å². The molecule has 0 aliphatic carbocycles. The summed E-state index contributed by atoms with van der Waals surface area (Å²) in [6, 6.07) is 17.7. The summed E-state index contributed by atoms with van der Waals surface area (Å²) >= 11 is 0. The van der Waals surface area contributed by atoms with Crippen LogP contribution in [0.5, 0.6) is 5.75 Å². The Bertz CT molecular complexity index is 797. The largest absolute Gasteiger partial charge is 0.494 e. The Labute approximate surface area is 134 Å². The maximum Gasteiger partial charge on any atom is 0.172 e. The second-order valence-corrected chi connectivity index (χ2v) is 5.11. The Hall–Kier alpha value is -2.95. The number of aryl methyl sites for hydroxylation is 1. The van der Waals surface area contributed by atoms with Crippen molar-refractivity contribution in [3.05, 3.63) is 71.5 Å². The van der Waals surface area contributed by atoms with Crippen molar-refractivity contribution in [3.8, 4) is 11.4 Å². The molecule has 0 saturated carbocycles. The Balaban J connectivity index is 1.96. The van der Waals surface area contributed by atoms with Crippen LogP contribution in [-0.2, 0) is 12.8 Å². The summed E-state index contributed by atoms with van der Waals surface area (Å²) in [6.07, 6.45) is 2.23. The quantitative estimate of drug-likeness (QED) is 0.657. The molecule has 0 aliphatic heterocycles. The van der Waals surface area contributed by atoms with E-state index in [9.17, 15) is 4.79 Å². The van der Waals surface area contributed by atoms with Crippen molar-refractivity contribution < 1.29 is 9.53 Å². The fourth-order valence-corrected chi connectivity index (χ4v) is 2.54. The van der Waals surface area contributed by atoms with Gasteiger partial charge in [0.1, 0.15) is 17.1 Å². The van der Waals surface area contributed by atoms with Crippen LogP contribution in [0.2, 0.25) is 0 Å². The lowest BCUT2D eigenvalue weighted by Crippen LogP contribution is -2.07. The predicted molar refractivity (Wildman–Crippen MR) is 87.1 cm³/mol. The van der Waals surface area contributed by atoms with Crippen molar-refractivity contribution in [2.24, 2.45) is 0 Å². The molecule has 23 heavy (non-hydrogen) atoms. The van der Waals surface area contributed by atoms with E-state index in [1.807, 2.05) is 42.5 Å². The van der Waals surface area contributed by atoms with E-state index < -0.39 is 0 Å². The van der Waals surface area contributed by atoms with E-state index in [-0.39, 0.29) is 0 Å². The molecule has 0 aliphatic rings. The van der Waals surface area contributed by atoms with Crippen molar-refractivity contribution in [2.75, 3.05) is 7.11 Å². The van der Waals surface area contributed by atoms with Crippen LogP contribution in [0.25, 0.3) is 5.69 Å². The van der Waals surface area contributed by atoms with Crippen LogP contribution in [0.4, 0.5) is 0 Å². The first kappa shape index (κ1) is 15.0. The number of carbonyl (C=O) groups is 1. The lowest BCUT2D eigenvalue weighted by atomic mass is 10.1. The lowest BCUT2D eigenvalue weighted by Gasteiger charge is -2.11. The number of para-hydroxylation sites is 2. The zero-order valence-corrected chi connectivity index (χ0v) is 12.8. The standard InChI is InChI=1S/C18H17N3O2/c1-23-18-10-6-5-9-17(18)21-16(15(13-22)19-20-21)12-11-14-7-3-2-4-8-14/h2-10,13H,11-12H2,1H3. The van der Waals surface area contributed by atoms with Crippen LogP contribution in [-0.4, -0.2) is 28.4 Å². The van der Waals surface area contributed by atoms with Crippen molar-refractivity contribution in [3.63, 3.8) is 0 Å². The van der Waals surface area contributed by atoms with Gasteiger partial charge in [-0.2, -0.15) is 0 Å². The Morgan fingerprint density at radius 3 is 2.52 bits per heavy atom. The van der Waals surface area contributed by atoms with Crippen molar-refractivity contribution >= 4 is 6.29 Å². The summed E-state index contributed by atoms with van der Waals surface area (Å²) in [5.41, 5.74) is 3.14. The number of benzene rings is 2. The Morgan fingerprint density at radius 1 is 1.04 bits per heavy atom. The van der Waals surface area contributed by atoms with Crippen LogP contribution in [0.3, 0.4) is 0 Å². The smallest absolute Gasteiger partial charge is 0.172 e. The zero-order valence-electron chi connectivity index (χ0n) is 12.8. The van der Waals surface area contributed by atoms with Crippen LogP contribution in [0.15, 0.2) is 54.6 Å². The summed E-state index contributed by atoms with van der Waals surface area (Å²) in [4.78, 5) is 11.3. The monoisotopic (exact) mass is 307 g/mol. The molecule has 0 saturated heterocycles. The van der Waals surface area contributed by atoms with Crippen molar-refractivity contribution in [2.45, 2.75) is 12.8 Å². The normalized spacial score (nSPS) is 10.5. The number of hydrogen-bond donors (Lipinski definition) is 0. The number of carbonyl (C=O) groups excluding carboxylic acids is 1. The second kappa shape index (κ2) is 6.87. The van der Waals surface area contributed by atoms with Gasteiger partial charge in [0.25, 0.3) is 0 Å². The molecule has 0 N–H and O–H groups in total. The molecular formula is C18H17N3O2. The number of methoxy groups -OCH3 is 1. The van der Waals surface area contributed by atoms with Gasteiger partial charge in [0, 0.05) is 0 Å². The van der Waals surface area contributed by atoms with E-state index in [1.54, 1.807) is 11.8 Å². The third kappa shape index (κ3) is 3.13. The van der Waals surface area contributed by atoms with Gasteiger partial charge in [0.05, 0.1) is 12.8 Å². The third-order valence-electron chi connectivity index (χ3n) is 3.71. The molecule has 0 fully saturated rings. The number of hydrogen-bond acceptors (Lipinski definition) is 4. The van der Waals surface area contributed by atoms with Gasteiger partial charge in [-0.25, -0.2) is 4.68 Å². The van der Waals surface area contributed by atoms with E-state index >= 15 is 0 Å². The number of aldehydes is 1. The molecule has 0 bridgehead atoms. The molecular weight excluding hydrogens is 290 g/mol. The van der Waals surface area contributed by atoms with Crippen molar-refractivity contribution in [1.29, 1.82) is 0 Å². The SMILES string of the molecule is COc1ccccc1-n1nnc(C=O)c1CCc1ccccc1. The van der Waals surface area contributed by atoms with Gasteiger partial charge >= 0.3 is 0 Å². The van der Waals surface area contributed by atoms with Gasteiger partial charge in [-0.05, 0) is 30.5 Å². The summed E-state index contributed by atoms with van der Waals surface area (Å²) in [5.74, 6) is 0.691. The molecule has 5 nitrogen and oxygen atoms in total. The van der Waals surface area contributed by atoms with Gasteiger partial charge in [0.15, 0.2) is 6.29 Å². The number of ether oxygens (including phenoxy) is 1. The predicted octanol–water partition coefficient (Wildman–Crippen LogP) is 2.87. The average Bonchev–Trinajstić information content (AvgIpc) is 3.03. The van der Waals surface area contributed by atoms with E-state index in [4.69, 9.17) is 4.74 Å². The molecule has 1 heterocycles. The minimum Gasteiger partial charge on any atom is -0.494 e. The van der Waals surface area contributed by atoms with E-state index in [0.717, 1.165) is 24.1 Å². The summed E-state index contributed by atoms with van der Waals surface area (Å²) in [5, 5.41) is 8.12.